The van der Waals surface area contributed by atoms with Crippen molar-refractivity contribution in [3.05, 3.63) is 59.5 Å². The predicted molar refractivity (Wildman–Crippen MR) is 101 cm³/mol. The van der Waals surface area contributed by atoms with Crippen molar-refractivity contribution in [1.82, 2.24) is 10.3 Å². The lowest BCUT2D eigenvalue weighted by atomic mass is 9.93. The molecule has 0 radical (unpaired) electrons. The minimum Gasteiger partial charge on any atom is -0.460 e. The van der Waals surface area contributed by atoms with Gasteiger partial charge in [0.2, 0.25) is 0 Å². The van der Waals surface area contributed by atoms with Crippen molar-refractivity contribution in [3.8, 4) is 0 Å². The van der Waals surface area contributed by atoms with Crippen molar-refractivity contribution in [1.29, 1.82) is 0 Å². The van der Waals surface area contributed by atoms with Crippen LogP contribution in [0.15, 0.2) is 52.0 Å². The number of urea groups is 1. The Labute approximate surface area is 158 Å². The van der Waals surface area contributed by atoms with Gasteiger partial charge in [0.05, 0.1) is 6.21 Å². The summed E-state index contributed by atoms with van der Waals surface area (Å²) < 4.78 is 5.75. The highest BCUT2D eigenvalue weighted by atomic mass is 16.3. The molecule has 27 heavy (non-hydrogen) atoms. The molecule has 1 aromatic heterocycles. The van der Waals surface area contributed by atoms with Gasteiger partial charge in [-0.05, 0) is 49.8 Å². The van der Waals surface area contributed by atoms with Gasteiger partial charge in [-0.1, -0.05) is 37.3 Å². The Balaban J connectivity index is 1.42. The zero-order chi connectivity index (χ0) is 19.0. The van der Waals surface area contributed by atoms with Gasteiger partial charge in [-0.2, -0.15) is 5.10 Å². The van der Waals surface area contributed by atoms with E-state index in [1.54, 1.807) is 6.92 Å². The van der Waals surface area contributed by atoms with Crippen LogP contribution in [0.2, 0.25) is 0 Å². The number of rotatable bonds is 6. The highest BCUT2D eigenvalue weighted by Gasteiger charge is 2.47. The lowest BCUT2D eigenvalue weighted by Gasteiger charge is -2.20. The van der Waals surface area contributed by atoms with E-state index < -0.39 is 11.6 Å². The van der Waals surface area contributed by atoms with Gasteiger partial charge in [-0.25, -0.2) is 4.79 Å². The molecule has 1 saturated heterocycles. The third-order valence-corrected chi connectivity index (χ3v) is 5.42. The van der Waals surface area contributed by atoms with Crippen molar-refractivity contribution < 1.29 is 14.0 Å². The number of benzene rings is 1. The molecule has 1 aliphatic carbocycles. The molecule has 3 atom stereocenters. The molecule has 2 fully saturated rings. The molecule has 2 heterocycles. The molecule has 0 bridgehead atoms. The summed E-state index contributed by atoms with van der Waals surface area (Å²) in [5.74, 6) is 2.26. The highest BCUT2D eigenvalue weighted by molar-refractivity contribution is 6.07. The number of imide groups is 1. The smallest absolute Gasteiger partial charge is 0.346 e. The summed E-state index contributed by atoms with van der Waals surface area (Å²) in [4.78, 5) is 25.0. The molecule has 1 N–H and O–H groups in total. The van der Waals surface area contributed by atoms with E-state index in [1.165, 1.54) is 6.21 Å². The maximum absolute atomic E-state index is 12.7. The van der Waals surface area contributed by atoms with Crippen molar-refractivity contribution in [3.63, 3.8) is 0 Å². The van der Waals surface area contributed by atoms with Crippen LogP contribution in [0.1, 0.15) is 49.7 Å². The molecular formula is C21H23N3O3. The van der Waals surface area contributed by atoms with E-state index in [1.807, 2.05) is 42.5 Å². The summed E-state index contributed by atoms with van der Waals surface area (Å²) in [5.41, 5.74) is 0.169. The van der Waals surface area contributed by atoms with E-state index >= 15 is 0 Å². The summed E-state index contributed by atoms with van der Waals surface area (Å²) in [6, 6.07) is 13.1. The second-order valence-electron chi connectivity index (χ2n) is 7.67. The Hall–Kier alpha value is -2.89. The SMILES string of the molecule is C[C@H]1C[C@H]1c1ccc(/C=N\N2C(=O)N[C@](C)(CCc3ccccc3)C2=O)o1. The Bertz CT molecular complexity index is 889. The molecule has 6 nitrogen and oxygen atoms in total. The molecule has 140 valence electrons. The maximum atomic E-state index is 12.7. The third-order valence-electron chi connectivity index (χ3n) is 5.42. The Morgan fingerprint density at radius 3 is 2.70 bits per heavy atom. The number of amides is 3. The second kappa shape index (κ2) is 6.68. The second-order valence-corrected chi connectivity index (χ2v) is 7.67. The number of nitrogens with zero attached hydrogens (tertiary/aromatic N) is 2. The first-order valence-corrected chi connectivity index (χ1v) is 9.30. The molecule has 1 aliphatic heterocycles. The molecule has 0 unspecified atom stereocenters. The minimum absolute atomic E-state index is 0.345. The first-order chi connectivity index (χ1) is 13.0. The van der Waals surface area contributed by atoms with Crippen LogP contribution in [-0.2, 0) is 11.2 Å². The molecule has 1 saturated carbocycles. The van der Waals surface area contributed by atoms with Crippen LogP contribution >= 0.6 is 0 Å². The molecule has 0 spiro atoms. The van der Waals surface area contributed by atoms with E-state index in [2.05, 4.69) is 17.3 Å². The lowest BCUT2D eigenvalue weighted by Crippen LogP contribution is -2.44. The number of hydrazone groups is 1. The van der Waals surface area contributed by atoms with Gasteiger partial charge in [-0.3, -0.25) is 4.79 Å². The van der Waals surface area contributed by atoms with Gasteiger partial charge in [-0.15, -0.1) is 5.01 Å². The number of carbonyl (C=O) groups is 2. The number of carbonyl (C=O) groups excluding carboxylic acids is 2. The fraction of sp³-hybridized carbons (Fsp3) is 0.381. The van der Waals surface area contributed by atoms with Crippen molar-refractivity contribution in [2.45, 2.75) is 44.6 Å². The summed E-state index contributed by atoms with van der Waals surface area (Å²) in [7, 11) is 0. The van der Waals surface area contributed by atoms with E-state index in [9.17, 15) is 9.59 Å². The van der Waals surface area contributed by atoms with Gasteiger partial charge >= 0.3 is 6.03 Å². The average molecular weight is 365 g/mol. The third kappa shape index (κ3) is 3.52. The van der Waals surface area contributed by atoms with Crippen molar-refractivity contribution >= 4 is 18.2 Å². The minimum atomic E-state index is -0.956. The fourth-order valence-corrected chi connectivity index (χ4v) is 3.45. The average Bonchev–Trinajstić information content (AvgIpc) is 3.12. The van der Waals surface area contributed by atoms with Crippen molar-refractivity contribution in [2.24, 2.45) is 11.0 Å². The van der Waals surface area contributed by atoms with Crippen LogP contribution in [0, 0.1) is 5.92 Å². The Morgan fingerprint density at radius 2 is 2.00 bits per heavy atom. The summed E-state index contributed by atoms with van der Waals surface area (Å²) in [5, 5.41) is 7.74. The largest absolute Gasteiger partial charge is 0.460 e. The Kier molecular flexibility index (Phi) is 4.34. The summed E-state index contributed by atoms with van der Waals surface area (Å²) in [6.07, 6.45) is 3.77. The maximum Gasteiger partial charge on any atom is 0.346 e. The summed E-state index contributed by atoms with van der Waals surface area (Å²) in [6.45, 7) is 3.93. The molecule has 4 rings (SSSR count). The van der Waals surface area contributed by atoms with Crippen molar-refractivity contribution in [2.75, 3.05) is 0 Å². The number of furan rings is 1. The monoisotopic (exact) mass is 365 g/mol. The quantitative estimate of drug-likeness (QED) is 0.627. The van der Waals surface area contributed by atoms with Crippen LogP contribution in [0.3, 0.4) is 0 Å². The first-order valence-electron chi connectivity index (χ1n) is 9.30. The molecule has 3 amide bonds. The number of nitrogens with one attached hydrogen (secondary N) is 1. The van der Waals surface area contributed by atoms with Gasteiger partial charge in [0.1, 0.15) is 17.1 Å². The first kappa shape index (κ1) is 17.5. The Morgan fingerprint density at radius 1 is 1.26 bits per heavy atom. The van der Waals surface area contributed by atoms with Crippen LogP contribution in [-0.4, -0.2) is 28.7 Å². The standard InChI is InChI=1S/C21H23N3O3/c1-14-12-17(14)18-9-8-16(27-18)13-22-24-19(25)21(2,23-20(24)26)11-10-15-6-4-3-5-7-15/h3-9,13-14,17H,10-12H2,1-2H3,(H,23,26)/b22-13-/t14-,17+,21+/m0/s1. The number of hydrogen-bond acceptors (Lipinski definition) is 4. The van der Waals surface area contributed by atoms with Crippen LogP contribution in [0.25, 0.3) is 0 Å². The van der Waals surface area contributed by atoms with E-state index in [0.29, 0.717) is 30.4 Å². The van der Waals surface area contributed by atoms with Gasteiger partial charge in [0.15, 0.2) is 0 Å². The zero-order valence-corrected chi connectivity index (χ0v) is 15.5. The van der Waals surface area contributed by atoms with Gasteiger partial charge < -0.3 is 9.73 Å². The predicted octanol–water partition coefficient (Wildman–Crippen LogP) is 3.68. The number of hydrogen-bond donors (Lipinski definition) is 1. The zero-order valence-electron chi connectivity index (χ0n) is 15.5. The van der Waals surface area contributed by atoms with E-state index in [-0.39, 0.29) is 5.91 Å². The summed E-state index contributed by atoms with van der Waals surface area (Å²) >= 11 is 0. The van der Waals surface area contributed by atoms with E-state index in [4.69, 9.17) is 4.42 Å². The highest BCUT2D eigenvalue weighted by Crippen LogP contribution is 2.47. The van der Waals surface area contributed by atoms with Crippen LogP contribution in [0.4, 0.5) is 4.79 Å². The molecular weight excluding hydrogens is 342 g/mol. The normalized spacial score (nSPS) is 27.4. The molecule has 6 heteroatoms. The van der Waals surface area contributed by atoms with E-state index in [0.717, 1.165) is 22.8 Å². The molecule has 2 aliphatic rings. The van der Waals surface area contributed by atoms with Gasteiger partial charge in [0, 0.05) is 5.92 Å². The van der Waals surface area contributed by atoms with Crippen LogP contribution < -0.4 is 5.32 Å². The lowest BCUT2D eigenvalue weighted by molar-refractivity contribution is -0.130. The van der Waals surface area contributed by atoms with Gasteiger partial charge in [0.25, 0.3) is 5.91 Å². The number of aryl methyl sites for hydroxylation is 1. The fourth-order valence-electron chi connectivity index (χ4n) is 3.45. The van der Waals surface area contributed by atoms with Crippen LogP contribution in [0.5, 0.6) is 0 Å². The topological polar surface area (TPSA) is 74.9 Å². The molecule has 2 aromatic rings. The molecule has 1 aromatic carbocycles.